The molecule has 2 heterocycles. The normalized spacial score (nSPS) is 18.1. The summed E-state index contributed by atoms with van der Waals surface area (Å²) >= 11 is 0. The highest BCUT2D eigenvalue weighted by Crippen LogP contribution is 2.12. The van der Waals surface area contributed by atoms with E-state index in [1.807, 2.05) is 12.1 Å². The predicted octanol–water partition coefficient (Wildman–Crippen LogP) is 3.69. The Morgan fingerprint density at radius 1 is 1.42 bits per heavy atom. The standard InChI is InChI=1S/C18H31N3O2.HI/c1-3-4-12-21(2)18(19-11-10-16-9-7-14-22-16)20-15-17-8-5-6-13-23-17;/h7,9,14,17H,3-6,8,10-13,15H2,1-2H3,(H,19,20);1H. The molecule has 0 spiro atoms. The van der Waals surface area contributed by atoms with E-state index in [9.17, 15) is 0 Å². The summed E-state index contributed by atoms with van der Waals surface area (Å²) in [6.07, 6.45) is 8.81. The monoisotopic (exact) mass is 449 g/mol. The number of hydrogen-bond acceptors (Lipinski definition) is 3. The second kappa shape index (κ2) is 12.6. The first kappa shape index (κ1) is 21.3. The summed E-state index contributed by atoms with van der Waals surface area (Å²) in [6, 6.07) is 3.94. The van der Waals surface area contributed by atoms with Gasteiger partial charge in [0, 0.05) is 33.2 Å². The second-order valence-electron chi connectivity index (χ2n) is 6.18. The van der Waals surface area contributed by atoms with E-state index in [1.165, 1.54) is 25.7 Å². The van der Waals surface area contributed by atoms with E-state index in [0.717, 1.165) is 50.8 Å². The molecule has 1 N–H and O–H groups in total. The van der Waals surface area contributed by atoms with E-state index >= 15 is 0 Å². The molecule has 0 bridgehead atoms. The number of furan rings is 1. The van der Waals surface area contributed by atoms with E-state index in [1.54, 1.807) is 6.26 Å². The number of nitrogens with zero attached hydrogens (tertiary/aromatic N) is 2. The quantitative estimate of drug-likeness (QED) is 0.374. The van der Waals surface area contributed by atoms with Crippen molar-refractivity contribution in [3.8, 4) is 0 Å². The largest absolute Gasteiger partial charge is 0.469 e. The second-order valence-corrected chi connectivity index (χ2v) is 6.18. The van der Waals surface area contributed by atoms with Crippen LogP contribution in [0.3, 0.4) is 0 Å². The van der Waals surface area contributed by atoms with Crippen molar-refractivity contribution in [2.45, 2.75) is 51.6 Å². The third kappa shape index (κ3) is 7.88. The van der Waals surface area contributed by atoms with Crippen LogP contribution in [0.4, 0.5) is 0 Å². The predicted molar refractivity (Wildman–Crippen MR) is 109 cm³/mol. The van der Waals surface area contributed by atoms with Crippen LogP contribution >= 0.6 is 24.0 Å². The topological polar surface area (TPSA) is 50.0 Å². The van der Waals surface area contributed by atoms with Crippen molar-refractivity contribution in [2.24, 2.45) is 4.99 Å². The number of rotatable bonds is 8. The van der Waals surface area contributed by atoms with Crippen LogP contribution in [0.15, 0.2) is 27.8 Å². The average molecular weight is 449 g/mol. The van der Waals surface area contributed by atoms with Crippen molar-refractivity contribution in [1.82, 2.24) is 10.2 Å². The van der Waals surface area contributed by atoms with Crippen molar-refractivity contribution < 1.29 is 9.15 Å². The number of ether oxygens (including phenoxy) is 1. The Labute approximate surface area is 163 Å². The highest BCUT2D eigenvalue weighted by molar-refractivity contribution is 14.0. The molecule has 0 aromatic carbocycles. The van der Waals surface area contributed by atoms with Crippen molar-refractivity contribution >= 4 is 29.9 Å². The summed E-state index contributed by atoms with van der Waals surface area (Å²) in [5.41, 5.74) is 0. The van der Waals surface area contributed by atoms with Gasteiger partial charge >= 0.3 is 0 Å². The molecule has 1 atom stereocenters. The summed E-state index contributed by atoms with van der Waals surface area (Å²) in [6.45, 7) is 5.69. The Kier molecular flexibility index (Phi) is 11.2. The summed E-state index contributed by atoms with van der Waals surface area (Å²) in [4.78, 5) is 7.01. The minimum Gasteiger partial charge on any atom is -0.469 e. The summed E-state index contributed by atoms with van der Waals surface area (Å²) in [5.74, 6) is 1.97. The van der Waals surface area contributed by atoms with Crippen LogP contribution in [0.25, 0.3) is 0 Å². The van der Waals surface area contributed by atoms with Gasteiger partial charge in [0.1, 0.15) is 5.76 Å². The van der Waals surface area contributed by atoms with Gasteiger partial charge in [-0.3, -0.25) is 4.99 Å². The van der Waals surface area contributed by atoms with E-state index < -0.39 is 0 Å². The molecule has 0 amide bonds. The number of nitrogens with one attached hydrogen (secondary N) is 1. The third-order valence-corrected chi connectivity index (χ3v) is 4.16. The van der Waals surface area contributed by atoms with Crippen LogP contribution in [0.1, 0.15) is 44.8 Å². The molecule has 2 rings (SSSR count). The lowest BCUT2D eigenvalue weighted by Gasteiger charge is -2.25. The highest BCUT2D eigenvalue weighted by Gasteiger charge is 2.14. The Hall–Kier alpha value is -0.760. The van der Waals surface area contributed by atoms with Gasteiger partial charge in [0.05, 0.1) is 18.9 Å². The Morgan fingerprint density at radius 3 is 2.96 bits per heavy atom. The summed E-state index contributed by atoms with van der Waals surface area (Å²) in [5, 5.41) is 3.47. The fraction of sp³-hybridized carbons (Fsp3) is 0.722. The van der Waals surface area contributed by atoms with Crippen LogP contribution in [0, 0.1) is 0 Å². The molecule has 0 saturated carbocycles. The lowest BCUT2D eigenvalue weighted by Crippen LogP contribution is -2.41. The van der Waals surface area contributed by atoms with Crippen LogP contribution in [-0.4, -0.2) is 50.3 Å². The first-order chi connectivity index (χ1) is 11.3. The molecule has 1 aromatic heterocycles. The molecular weight excluding hydrogens is 417 g/mol. The fourth-order valence-corrected chi connectivity index (χ4v) is 2.70. The maximum absolute atomic E-state index is 5.78. The fourth-order valence-electron chi connectivity index (χ4n) is 2.70. The van der Waals surface area contributed by atoms with Crippen LogP contribution in [0.2, 0.25) is 0 Å². The van der Waals surface area contributed by atoms with E-state index in [4.69, 9.17) is 14.1 Å². The average Bonchev–Trinajstić information content (AvgIpc) is 3.10. The first-order valence-electron chi connectivity index (χ1n) is 8.93. The van der Waals surface area contributed by atoms with Gasteiger partial charge in [0.2, 0.25) is 0 Å². The highest BCUT2D eigenvalue weighted by atomic mass is 127. The van der Waals surface area contributed by atoms with Gasteiger partial charge < -0.3 is 19.4 Å². The Balaban J connectivity index is 0.00000288. The van der Waals surface area contributed by atoms with Gasteiger partial charge in [-0.15, -0.1) is 24.0 Å². The van der Waals surface area contributed by atoms with Gasteiger partial charge in [-0.2, -0.15) is 0 Å². The number of hydrogen-bond donors (Lipinski definition) is 1. The number of halogens is 1. The molecule has 5 nitrogen and oxygen atoms in total. The Morgan fingerprint density at radius 2 is 2.29 bits per heavy atom. The Bertz CT molecular complexity index is 445. The molecule has 1 saturated heterocycles. The molecule has 24 heavy (non-hydrogen) atoms. The van der Waals surface area contributed by atoms with Crippen LogP contribution in [0.5, 0.6) is 0 Å². The SMILES string of the molecule is CCCCN(C)C(=NCC1CCCCO1)NCCc1ccco1.I. The minimum atomic E-state index is 0. The maximum atomic E-state index is 5.78. The smallest absolute Gasteiger partial charge is 0.193 e. The molecule has 1 unspecified atom stereocenters. The lowest BCUT2D eigenvalue weighted by molar-refractivity contribution is 0.0223. The molecule has 138 valence electrons. The van der Waals surface area contributed by atoms with E-state index in [2.05, 4.69) is 24.2 Å². The molecule has 0 radical (unpaired) electrons. The first-order valence-corrected chi connectivity index (χ1v) is 8.93. The number of guanidine groups is 1. The van der Waals surface area contributed by atoms with Crippen LogP contribution < -0.4 is 5.32 Å². The molecule has 1 aromatic rings. The third-order valence-electron chi connectivity index (χ3n) is 4.16. The summed E-state index contributed by atoms with van der Waals surface area (Å²) < 4.78 is 11.2. The van der Waals surface area contributed by atoms with Crippen LogP contribution in [-0.2, 0) is 11.2 Å². The van der Waals surface area contributed by atoms with Crippen molar-refractivity contribution in [3.63, 3.8) is 0 Å². The van der Waals surface area contributed by atoms with Gasteiger partial charge in [-0.25, -0.2) is 0 Å². The lowest BCUT2D eigenvalue weighted by atomic mass is 10.1. The molecular formula is C18H32IN3O2. The van der Waals surface area contributed by atoms with Gasteiger partial charge in [0.15, 0.2) is 5.96 Å². The molecule has 6 heteroatoms. The van der Waals surface area contributed by atoms with Gasteiger partial charge in [-0.1, -0.05) is 13.3 Å². The maximum Gasteiger partial charge on any atom is 0.193 e. The number of aliphatic imine (C=N–C) groups is 1. The summed E-state index contributed by atoms with van der Waals surface area (Å²) in [7, 11) is 2.11. The van der Waals surface area contributed by atoms with Crippen molar-refractivity contribution in [3.05, 3.63) is 24.2 Å². The van der Waals surface area contributed by atoms with Gasteiger partial charge in [-0.05, 0) is 37.8 Å². The minimum absolute atomic E-state index is 0. The van der Waals surface area contributed by atoms with Gasteiger partial charge in [0.25, 0.3) is 0 Å². The van der Waals surface area contributed by atoms with Crippen molar-refractivity contribution in [1.29, 1.82) is 0 Å². The zero-order chi connectivity index (χ0) is 16.3. The van der Waals surface area contributed by atoms with Crippen molar-refractivity contribution in [2.75, 3.05) is 33.3 Å². The molecule has 0 aliphatic carbocycles. The zero-order valence-electron chi connectivity index (χ0n) is 15.0. The number of unbranched alkanes of at least 4 members (excludes halogenated alkanes) is 1. The van der Waals surface area contributed by atoms with E-state index in [-0.39, 0.29) is 30.1 Å². The zero-order valence-corrected chi connectivity index (χ0v) is 17.3. The molecule has 1 fully saturated rings. The molecule has 1 aliphatic heterocycles. The molecule has 1 aliphatic rings. The van der Waals surface area contributed by atoms with E-state index in [0.29, 0.717) is 0 Å².